The van der Waals surface area contributed by atoms with Gasteiger partial charge in [-0.15, -0.1) is 0 Å². The van der Waals surface area contributed by atoms with Crippen LogP contribution in [-0.4, -0.2) is 19.0 Å². The normalized spacial score (nSPS) is 18.3. The van der Waals surface area contributed by atoms with Crippen molar-refractivity contribution in [2.75, 3.05) is 18.0 Å². The van der Waals surface area contributed by atoms with Crippen molar-refractivity contribution in [3.8, 4) is 0 Å². The number of rotatable bonds is 5. The molecule has 1 amide bonds. The van der Waals surface area contributed by atoms with Gasteiger partial charge in [-0.25, -0.2) is 0 Å². The van der Waals surface area contributed by atoms with Gasteiger partial charge in [0.15, 0.2) is 0 Å². The lowest BCUT2D eigenvalue weighted by atomic mass is 9.99. The lowest BCUT2D eigenvalue weighted by Gasteiger charge is -2.33. The molecular formula is C23H26Cl2N2O. The minimum atomic E-state index is -0.160. The zero-order valence-corrected chi connectivity index (χ0v) is 17.8. The number of hydrogen-bond acceptors (Lipinski definition) is 2. The zero-order chi connectivity index (χ0) is 20.1. The third-order valence-corrected chi connectivity index (χ3v) is 5.71. The summed E-state index contributed by atoms with van der Waals surface area (Å²) < 4.78 is 0. The number of anilines is 1. The predicted octanol–water partition coefficient (Wildman–Crippen LogP) is 6.12. The molecule has 2 aromatic carbocycles. The minimum absolute atomic E-state index is 0.0767. The van der Waals surface area contributed by atoms with Gasteiger partial charge in [-0.3, -0.25) is 4.79 Å². The minimum Gasteiger partial charge on any atom is -0.371 e. The van der Waals surface area contributed by atoms with E-state index in [9.17, 15) is 4.79 Å². The second kappa shape index (κ2) is 9.49. The third kappa shape index (κ3) is 5.52. The van der Waals surface area contributed by atoms with Gasteiger partial charge in [0.1, 0.15) is 0 Å². The fourth-order valence-corrected chi connectivity index (χ4v) is 4.02. The number of piperidine rings is 1. The van der Waals surface area contributed by atoms with Gasteiger partial charge in [0.25, 0.3) is 0 Å². The molecule has 1 aliphatic rings. The molecule has 0 spiro atoms. The van der Waals surface area contributed by atoms with Crippen LogP contribution in [0.5, 0.6) is 0 Å². The van der Waals surface area contributed by atoms with E-state index in [-0.39, 0.29) is 11.9 Å². The van der Waals surface area contributed by atoms with Gasteiger partial charge in [-0.2, -0.15) is 0 Å². The Bertz CT molecular complexity index is 848. The van der Waals surface area contributed by atoms with Crippen molar-refractivity contribution in [1.29, 1.82) is 0 Å². The lowest BCUT2D eigenvalue weighted by Crippen LogP contribution is -2.34. The number of benzene rings is 2. The summed E-state index contributed by atoms with van der Waals surface area (Å²) in [6, 6.07) is 13.6. The molecule has 0 unspecified atom stereocenters. The van der Waals surface area contributed by atoms with Crippen LogP contribution in [0.1, 0.15) is 43.9 Å². The third-order valence-electron chi connectivity index (χ3n) is 5.15. The van der Waals surface area contributed by atoms with Gasteiger partial charge >= 0.3 is 0 Å². The van der Waals surface area contributed by atoms with E-state index in [2.05, 4.69) is 41.4 Å². The van der Waals surface area contributed by atoms with Gasteiger partial charge in [-0.1, -0.05) is 48.3 Å². The molecule has 3 rings (SSSR count). The predicted molar refractivity (Wildman–Crippen MR) is 119 cm³/mol. The van der Waals surface area contributed by atoms with Crippen LogP contribution >= 0.6 is 23.2 Å². The number of nitrogens with zero attached hydrogens (tertiary/aromatic N) is 1. The molecule has 5 heteroatoms. The number of carbonyl (C=O) groups excluding carboxylic acids is 1. The highest BCUT2D eigenvalue weighted by Crippen LogP contribution is 2.25. The van der Waals surface area contributed by atoms with E-state index >= 15 is 0 Å². The SMILES string of the molecule is C[C@H]1CCCN(c2ccc([C@@H](C)NC(=O)/C=C/c3ccc(Cl)cc3Cl)cc2)C1. The summed E-state index contributed by atoms with van der Waals surface area (Å²) in [5.41, 5.74) is 3.10. The average molecular weight is 417 g/mol. The van der Waals surface area contributed by atoms with Crippen LogP contribution < -0.4 is 10.2 Å². The molecule has 1 aliphatic heterocycles. The molecule has 148 valence electrons. The summed E-state index contributed by atoms with van der Waals surface area (Å²) in [7, 11) is 0. The Morgan fingerprint density at radius 1 is 1.21 bits per heavy atom. The monoisotopic (exact) mass is 416 g/mol. The maximum Gasteiger partial charge on any atom is 0.244 e. The van der Waals surface area contributed by atoms with Crippen LogP contribution in [0.4, 0.5) is 5.69 Å². The van der Waals surface area contributed by atoms with Crippen LogP contribution in [-0.2, 0) is 4.79 Å². The molecule has 3 nitrogen and oxygen atoms in total. The van der Waals surface area contributed by atoms with E-state index in [1.807, 2.05) is 6.92 Å². The van der Waals surface area contributed by atoms with Gasteiger partial charge in [0.05, 0.1) is 6.04 Å². The Balaban J connectivity index is 1.58. The molecule has 0 aromatic heterocycles. The Morgan fingerprint density at radius 3 is 2.64 bits per heavy atom. The average Bonchev–Trinajstić information content (AvgIpc) is 2.67. The van der Waals surface area contributed by atoms with Crippen molar-refractivity contribution in [3.05, 3.63) is 69.7 Å². The molecule has 28 heavy (non-hydrogen) atoms. The largest absolute Gasteiger partial charge is 0.371 e. The van der Waals surface area contributed by atoms with Crippen molar-refractivity contribution >= 4 is 40.9 Å². The van der Waals surface area contributed by atoms with Gasteiger partial charge in [0.2, 0.25) is 5.91 Å². The van der Waals surface area contributed by atoms with Gasteiger partial charge in [0, 0.05) is 34.9 Å². The highest BCUT2D eigenvalue weighted by Gasteiger charge is 2.17. The Kier molecular flexibility index (Phi) is 7.03. The molecule has 1 heterocycles. The summed E-state index contributed by atoms with van der Waals surface area (Å²) >= 11 is 12.0. The first-order chi connectivity index (χ1) is 13.4. The Labute approximate surface area is 177 Å². The molecule has 2 aromatic rings. The summed E-state index contributed by atoms with van der Waals surface area (Å²) in [5, 5.41) is 4.09. The molecule has 0 bridgehead atoms. The topological polar surface area (TPSA) is 32.3 Å². The van der Waals surface area contributed by atoms with Gasteiger partial charge in [-0.05, 0) is 67.2 Å². The first-order valence-corrected chi connectivity index (χ1v) is 10.5. The van der Waals surface area contributed by atoms with Crippen molar-refractivity contribution in [1.82, 2.24) is 5.32 Å². The first-order valence-electron chi connectivity index (χ1n) is 9.71. The van der Waals surface area contributed by atoms with Crippen molar-refractivity contribution < 1.29 is 4.79 Å². The number of halogens is 2. The van der Waals surface area contributed by atoms with Crippen LogP contribution in [0.3, 0.4) is 0 Å². The van der Waals surface area contributed by atoms with E-state index in [1.54, 1.807) is 24.3 Å². The number of hydrogen-bond donors (Lipinski definition) is 1. The van der Waals surface area contributed by atoms with E-state index in [0.29, 0.717) is 10.0 Å². The zero-order valence-electron chi connectivity index (χ0n) is 16.3. The Hall–Kier alpha value is -1.97. The summed E-state index contributed by atoms with van der Waals surface area (Å²) in [6.07, 6.45) is 5.75. The summed E-state index contributed by atoms with van der Waals surface area (Å²) in [6.45, 7) is 6.53. The fraction of sp³-hybridized carbons (Fsp3) is 0.348. The summed E-state index contributed by atoms with van der Waals surface area (Å²) in [5.74, 6) is 0.583. The van der Waals surface area contributed by atoms with Crippen LogP contribution in [0, 0.1) is 5.92 Å². The number of carbonyl (C=O) groups is 1. The molecule has 0 saturated carbocycles. The van der Waals surface area contributed by atoms with E-state index < -0.39 is 0 Å². The second-order valence-electron chi connectivity index (χ2n) is 7.51. The van der Waals surface area contributed by atoms with Crippen molar-refractivity contribution in [2.24, 2.45) is 5.92 Å². The maximum absolute atomic E-state index is 12.3. The fourth-order valence-electron chi connectivity index (χ4n) is 3.54. The highest BCUT2D eigenvalue weighted by atomic mass is 35.5. The number of amides is 1. The maximum atomic E-state index is 12.3. The van der Waals surface area contributed by atoms with Crippen LogP contribution in [0.15, 0.2) is 48.5 Å². The molecule has 0 aliphatic carbocycles. The van der Waals surface area contributed by atoms with E-state index in [0.717, 1.165) is 30.1 Å². The quantitative estimate of drug-likeness (QED) is 0.595. The summed E-state index contributed by atoms with van der Waals surface area (Å²) in [4.78, 5) is 14.7. The molecule has 1 saturated heterocycles. The van der Waals surface area contributed by atoms with Crippen molar-refractivity contribution in [2.45, 2.75) is 32.7 Å². The van der Waals surface area contributed by atoms with Crippen LogP contribution in [0.25, 0.3) is 6.08 Å². The first kappa shape index (κ1) is 20.8. The lowest BCUT2D eigenvalue weighted by molar-refractivity contribution is -0.117. The molecular weight excluding hydrogens is 391 g/mol. The Morgan fingerprint density at radius 2 is 1.96 bits per heavy atom. The highest BCUT2D eigenvalue weighted by molar-refractivity contribution is 6.35. The standard InChI is InChI=1S/C23H26Cl2N2O/c1-16-4-3-13-27(15-16)21-10-6-18(7-11-21)17(2)26-23(28)12-8-19-5-9-20(24)14-22(19)25/h5-12,14,16-17H,3-4,13,15H2,1-2H3,(H,26,28)/b12-8+/t16-,17+/m0/s1. The second-order valence-corrected chi connectivity index (χ2v) is 8.36. The molecule has 0 radical (unpaired) electrons. The smallest absolute Gasteiger partial charge is 0.244 e. The van der Waals surface area contributed by atoms with Crippen LogP contribution in [0.2, 0.25) is 10.0 Å². The van der Waals surface area contributed by atoms with Gasteiger partial charge < -0.3 is 10.2 Å². The molecule has 2 atom stereocenters. The molecule has 1 N–H and O–H groups in total. The number of nitrogens with one attached hydrogen (secondary N) is 1. The van der Waals surface area contributed by atoms with E-state index in [4.69, 9.17) is 23.2 Å². The molecule has 1 fully saturated rings. The van der Waals surface area contributed by atoms with Crippen molar-refractivity contribution in [3.63, 3.8) is 0 Å². The van der Waals surface area contributed by atoms with E-state index in [1.165, 1.54) is 24.6 Å².